The summed E-state index contributed by atoms with van der Waals surface area (Å²) in [5, 5.41) is 4.33. The quantitative estimate of drug-likeness (QED) is 0.749. The van der Waals surface area contributed by atoms with Gasteiger partial charge in [-0.1, -0.05) is 18.2 Å². The third kappa shape index (κ3) is 1.69. The van der Waals surface area contributed by atoms with E-state index in [0.717, 1.165) is 11.5 Å². The average molecular weight is 232 g/mol. The molecule has 16 heavy (non-hydrogen) atoms. The molecule has 1 aliphatic heterocycles. The van der Waals surface area contributed by atoms with Crippen LogP contribution in [0.25, 0.3) is 0 Å². The molecule has 0 bridgehead atoms. The molecule has 2 aliphatic rings. The predicted octanol–water partition coefficient (Wildman–Crippen LogP) is 2.47. The smallest absolute Gasteiger partial charge is 0.173 e. The second kappa shape index (κ2) is 3.74. The number of hydrogen-bond acceptors (Lipinski definition) is 1. The summed E-state index contributed by atoms with van der Waals surface area (Å²) in [5.41, 5.74) is 2.70. The van der Waals surface area contributed by atoms with Crippen LogP contribution in [0, 0.1) is 0 Å². The van der Waals surface area contributed by atoms with Crippen molar-refractivity contribution in [2.45, 2.75) is 38.3 Å². The van der Waals surface area contributed by atoms with Crippen LogP contribution < -0.4 is 10.2 Å². The minimum atomic E-state index is 0.483. The largest absolute Gasteiger partial charge is 0.360 e. The Morgan fingerprint density at radius 1 is 1.38 bits per heavy atom. The van der Waals surface area contributed by atoms with Gasteiger partial charge in [0.25, 0.3) is 0 Å². The minimum Gasteiger partial charge on any atom is -0.360 e. The van der Waals surface area contributed by atoms with Crippen molar-refractivity contribution in [1.82, 2.24) is 5.32 Å². The molecule has 0 amide bonds. The van der Waals surface area contributed by atoms with E-state index in [9.17, 15) is 0 Å². The molecule has 1 atom stereocenters. The van der Waals surface area contributed by atoms with Crippen molar-refractivity contribution in [3.05, 3.63) is 29.8 Å². The van der Waals surface area contributed by atoms with Gasteiger partial charge < -0.3 is 10.2 Å². The third-order valence-corrected chi connectivity index (χ3v) is 3.65. The van der Waals surface area contributed by atoms with Gasteiger partial charge in [0.2, 0.25) is 0 Å². The Morgan fingerprint density at radius 2 is 2.12 bits per heavy atom. The lowest BCUT2D eigenvalue weighted by atomic mass is 10.1. The Morgan fingerprint density at radius 3 is 2.88 bits per heavy atom. The maximum absolute atomic E-state index is 5.50. The molecule has 0 spiro atoms. The van der Waals surface area contributed by atoms with Crippen molar-refractivity contribution < 1.29 is 0 Å². The minimum absolute atomic E-state index is 0.483. The lowest BCUT2D eigenvalue weighted by Crippen LogP contribution is -2.43. The van der Waals surface area contributed by atoms with Gasteiger partial charge in [0, 0.05) is 17.8 Å². The number of hydrogen-bond donors (Lipinski definition) is 1. The van der Waals surface area contributed by atoms with E-state index in [2.05, 4.69) is 41.4 Å². The van der Waals surface area contributed by atoms with Gasteiger partial charge in [-0.2, -0.15) is 0 Å². The third-order valence-electron chi connectivity index (χ3n) is 3.33. The maximum Gasteiger partial charge on any atom is 0.173 e. The van der Waals surface area contributed by atoms with E-state index < -0.39 is 0 Å². The second-order valence-corrected chi connectivity index (χ2v) is 5.16. The van der Waals surface area contributed by atoms with Crippen molar-refractivity contribution in [3.63, 3.8) is 0 Å². The molecule has 1 aromatic rings. The highest BCUT2D eigenvalue weighted by Gasteiger charge is 2.31. The molecule has 84 valence electrons. The maximum atomic E-state index is 5.50. The second-order valence-electron chi connectivity index (χ2n) is 4.78. The number of para-hydroxylation sites is 1. The first-order valence-corrected chi connectivity index (χ1v) is 6.34. The number of nitrogens with zero attached hydrogens (tertiary/aromatic N) is 1. The van der Waals surface area contributed by atoms with Gasteiger partial charge in [-0.05, 0) is 50.0 Å². The molecule has 0 radical (unpaired) electrons. The molecular formula is C13H16N2S. The van der Waals surface area contributed by atoms with Crippen LogP contribution in [0.3, 0.4) is 0 Å². The molecule has 0 unspecified atom stereocenters. The molecule has 2 nitrogen and oxygen atoms in total. The Hall–Kier alpha value is -1.09. The van der Waals surface area contributed by atoms with E-state index in [1.807, 2.05) is 0 Å². The van der Waals surface area contributed by atoms with Crippen LogP contribution in [0.4, 0.5) is 5.69 Å². The van der Waals surface area contributed by atoms with Crippen molar-refractivity contribution in [2.24, 2.45) is 0 Å². The predicted molar refractivity (Wildman–Crippen MR) is 70.8 cm³/mol. The number of nitrogens with one attached hydrogen (secondary N) is 1. The number of fused-ring (bicyclic) bond motifs is 1. The van der Waals surface area contributed by atoms with E-state index in [1.165, 1.54) is 24.1 Å². The van der Waals surface area contributed by atoms with Crippen molar-refractivity contribution >= 4 is 23.0 Å². The Bertz CT molecular complexity index is 426. The van der Waals surface area contributed by atoms with Crippen LogP contribution in [-0.2, 0) is 6.42 Å². The lowest BCUT2D eigenvalue weighted by Gasteiger charge is -2.26. The number of rotatable bonds is 1. The zero-order valence-electron chi connectivity index (χ0n) is 9.44. The zero-order valence-corrected chi connectivity index (χ0v) is 10.3. The normalized spacial score (nSPS) is 23.1. The van der Waals surface area contributed by atoms with Gasteiger partial charge in [0.15, 0.2) is 5.11 Å². The number of anilines is 1. The van der Waals surface area contributed by atoms with Crippen LogP contribution in [0.5, 0.6) is 0 Å². The topological polar surface area (TPSA) is 15.3 Å². The van der Waals surface area contributed by atoms with E-state index in [1.54, 1.807) is 0 Å². The first-order chi connectivity index (χ1) is 7.75. The van der Waals surface area contributed by atoms with Gasteiger partial charge in [-0.15, -0.1) is 0 Å². The highest BCUT2D eigenvalue weighted by molar-refractivity contribution is 7.80. The SMILES string of the molecule is C[C@@H]1Cc2ccccc2N1C(=S)NC1CC1. The van der Waals surface area contributed by atoms with Gasteiger partial charge in [0.05, 0.1) is 0 Å². The van der Waals surface area contributed by atoms with Crippen LogP contribution in [0.1, 0.15) is 25.3 Å². The van der Waals surface area contributed by atoms with Gasteiger partial charge in [-0.3, -0.25) is 0 Å². The Labute approximate surface area is 102 Å². The molecular weight excluding hydrogens is 216 g/mol. The first-order valence-electron chi connectivity index (χ1n) is 5.93. The molecule has 1 saturated carbocycles. The molecule has 1 aromatic carbocycles. The lowest BCUT2D eigenvalue weighted by molar-refractivity contribution is 0.754. The summed E-state index contributed by atoms with van der Waals surface area (Å²) < 4.78 is 0. The molecule has 1 fully saturated rings. The highest BCUT2D eigenvalue weighted by atomic mass is 32.1. The molecule has 0 saturated heterocycles. The first kappa shape index (κ1) is 10.1. The fraction of sp³-hybridized carbons (Fsp3) is 0.462. The highest BCUT2D eigenvalue weighted by Crippen LogP contribution is 2.32. The molecule has 0 aromatic heterocycles. The Kier molecular flexibility index (Phi) is 2.36. The van der Waals surface area contributed by atoms with E-state index in [4.69, 9.17) is 12.2 Å². The number of thiocarbonyl (C=S) groups is 1. The molecule has 1 N–H and O–H groups in total. The van der Waals surface area contributed by atoms with Crippen molar-refractivity contribution in [1.29, 1.82) is 0 Å². The zero-order chi connectivity index (χ0) is 11.1. The molecule has 3 heteroatoms. The van der Waals surface area contributed by atoms with Crippen LogP contribution in [0.2, 0.25) is 0 Å². The summed E-state index contributed by atoms with van der Waals surface area (Å²) in [4.78, 5) is 2.27. The fourth-order valence-electron chi connectivity index (χ4n) is 2.35. The summed E-state index contributed by atoms with van der Waals surface area (Å²) in [6.07, 6.45) is 3.64. The summed E-state index contributed by atoms with van der Waals surface area (Å²) >= 11 is 5.50. The van der Waals surface area contributed by atoms with Gasteiger partial charge >= 0.3 is 0 Å². The summed E-state index contributed by atoms with van der Waals surface area (Å²) in [6, 6.07) is 9.67. The summed E-state index contributed by atoms with van der Waals surface area (Å²) in [6.45, 7) is 2.24. The van der Waals surface area contributed by atoms with Crippen LogP contribution >= 0.6 is 12.2 Å². The van der Waals surface area contributed by atoms with Gasteiger partial charge in [-0.25, -0.2) is 0 Å². The van der Waals surface area contributed by atoms with E-state index >= 15 is 0 Å². The van der Waals surface area contributed by atoms with Crippen molar-refractivity contribution in [3.8, 4) is 0 Å². The molecule has 1 heterocycles. The fourth-order valence-corrected chi connectivity index (χ4v) is 2.79. The van der Waals surface area contributed by atoms with Crippen LogP contribution in [0.15, 0.2) is 24.3 Å². The Balaban J connectivity index is 1.85. The van der Waals surface area contributed by atoms with E-state index in [0.29, 0.717) is 12.1 Å². The van der Waals surface area contributed by atoms with E-state index in [-0.39, 0.29) is 0 Å². The van der Waals surface area contributed by atoms with Crippen molar-refractivity contribution in [2.75, 3.05) is 4.90 Å². The average Bonchev–Trinajstić information content (AvgIpc) is 2.98. The molecule has 3 rings (SSSR count). The summed E-state index contributed by atoms with van der Waals surface area (Å²) in [7, 11) is 0. The standard InChI is InChI=1S/C13H16N2S/c1-9-8-10-4-2-3-5-12(10)15(9)13(16)14-11-6-7-11/h2-5,9,11H,6-8H2,1H3,(H,14,16)/t9-/m1/s1. The number of benzene rings is 1. The summed E-state index contributed by atoms with van der Waals surface area (Å²) in [5.74, 6) is 0. The van der Waals surface area contributed by atoms with Crippen LogP contribution in [-0.4, -0.2) is 17.2 Å². The molecule has 1 aliphatic carbocycles. The monoisotopic (exact) mass is 232 g/mol. The van der Waals surface area contributed by atoms with Gasteiger partial charge in [0.1, 0.15) is 0 Å².